The minimum Gasteiger partial charge on any atom is -0.297 e. The second-order valence-electron chi connectivity index (χ2n) is 9.38. The third-order valence-electron chi connectivity index (χ3n) is 7.27. The van der Waals surface area contributed by atoms with E-state index in [9.17, 15) is 14.0 Å². The summed E-state index contributed by atoms with van der Waals surface area (Å²) >= 11 is 6.70. The zero-order chi connectivity index (χ0) is 25.4. The number of nitrogens with zero attached hydrogens (tertiary/aromatic N) is 3. The van der Waals surface area contributed by atoms with E-state index in [0.29, 0.717) is 29.7 Å². The molecule has 0 saturated heterocycles. The topological polar surface area (TPSA) is 56.9 Å². The van der Waals surface area contributed by atoms with Crippen molar-refractivity contribution >= 4 is 22.8 Å². The average molecular weight is 506 g/mol. The minimum atomic E-state index is -0.641. The first-order valence-electron chi connectivity index (χ1n) is 12.7. The van der Waals surface area contributed by atoms with Gasteiger partial charge in [0.2, 0.25) is 0 Å². The highest BCUT2D eigenvalue weighted by atomic mass is 35.5. The molecule has 0 N–H and O–H groups in total. The van der Waals surface area contributed by atoms with Crippen molar-refractivity contribution in [1.82, 2.24) is 14.1 Å². The molecule has 1 aliphatic rings. The van der Waals surface area contributed by atoms with Gasteiger partial charge in [0, 0.05) is 11.6 Å². The molecule has 1 fully saturated rings. The van der Waals surface area contributed by atoms with Crippen molar-refractivity contribution in [3.8, 4) is 16.9 Å². The van der Waals surface area contributed by atoms with Gasteiger partial charge in [0.05, 0.1) is 21.9 Å². The lowest BCUT2D eigenvalue weighted by Crippen LogP contribution is -2.43. The molecule has 7 heteroatoms. The maximum atomic E-state index is 14.8. The summed E-state index contributed by atoms with van der Waals surface area (Å²) in [5.74, 6) is -0.455. The van der Waals surface area contributed by atoms with Crippen LogP contribution in [0, 0.1) is 5.82 Å². The van der Waals surface area contributed by atoms with E-state index >= 15 is 0 Å². The highest BCUT2D eigenvalue weighted by Crippen LogP contribution is 2.35. The molecule has 186 valence electrons. The molecule has 0 atom stereocenters. The van der Waals surface area contributed by atoms with Crippen molar-refractivity contribution in [1.29, 1.82) is 0 Å². The van der Waals surface area contributed by atoms with Gasteiger partial charge >= 0.3 is 11.1 Å². The Morgan fingerprint density at radius 1 is 0.944 bits per heavy atom. The van der Waals surface area contributed by atoms with E-state index in [1.165, 1.54) is 10.6 Å². The predicted octanol–water partition coefficient (Wildman–Crippen LogP) is 6.64. The number of pyridine rings is 1. The third-order valence-corrected chi connectivity index (χ3v) is 7.56. The van der Waals surface area contributed by atoms with Crippen LogP contribution in [0.5, 0.6) is 0 Å². The van der Waals surface area contributed by atoms with Crippen LogP contribution in [0.1, 0.15) is 63.1 Å². The second kappa shape index (κ2) is 10.0. The van der Waals surface area contributed by atoms with E-state index in [1.54, 1.807) is 28.8 Å². The summed E-state index contributed by atoms with van der Waals surface area (Å²) in [5, 5.41) is 0.237. The molecule has 0 spiro atoms. The van der Waals surface area contributed by atoms with Gasteiger partial charge in [-0.05, 0) is 55.0 Å². The minimum absolute atomic E-state index is 0.0969. The summed E-state index contributed by atoms with van der Waals surface area (Å²) in [4.78, 5) is 32.4. The summed E-state index contributed by atoms with van der Waals surface area (Å²) in [5.41, 5.74) is 2.67. The predicted molar refractivity (Wildman–Crippen MR) is 143 cm³/mol. The molecular weight excluding hydrogens is 477 g/mol. The normalized spacial score (nSPS) is 14.4. The fraction of sp³-hybridized carbons (Fsp3) is 0.345. The lowest BCUT2D eigenvalue weighted by atomic mass is 9.95. The van der Waals surface area contributed by atoms with Gasteiger partial charge in [-0.25, -0.2) is 9.37 Å². The summed E-state index contributed by atoms with van der Waals surface area (Å²) in [6, 6.07) is 13.8. The molecule has 0 aliphatic heterocycles. The van der Waals surface area contributed by atoms with E-state index in [4.69, 9.17) is 16.6 Å². The molecule has 5 rings (SSSR count). The van der Waals surface area contributed by atoms with Crippen molar-refractivity contribution in [3.05, 3.63) is 91.2 Å². The van der Waals surface area contributed by atoms with E-state index in [2.05, 4.69) is 0 Å². The van der Waals surface area contributed by atoms with E-state index in [0.717, 1.165) is 43.2 Å². The van der Waals surface area contributed by atoms with Crippen LogP contribution in [0.4, 0.5) is 4.39 Å². The number of aromatic nitrogens is 3. The van der Waals surface area contributed by atoms with Gasteiger partial charge in [0.15, 0.2) is 5.65 Å². The van der Waals surface area contributed by atoms with Gasteiger partial charge in [-0.3, -0.25) is 18.7 Å². The Morgan fingerprint density at radius 2 is 1.61 bits per heavy atom. The number of hydrogen-bond donors (Lipinski definition) is 0. The van der Waals surface area contributed by atoms with Crippen molar-refractivity contribution in [2.75, 3.05) is 0 Å². The molecule has 4 aromatic rings. The van der Waals surface area contributed by atoms with Crippen LogP contribution in [-0.4, -0.2) is 14.1 Å². The number of halogens is 2. The molecule has 0 unspecified atom stereocenters. The first kappa shape index (κ1) is 24.4. The first-order chi connectivity index (χ1) is 17.5. The number of hydrogen-bond acceptors (Lipinski definition) is 3. The van der Waals surface area contributed by atoms with E-state index < -0.39 is 16.9 Å². The molecule has 0 radical (unpaired) electrons. The molecule has 2 aromatic heterocycles. The van der Waals surface area contributed by atoms with Crippen LogP contribution in [0.15, 0.2) is 58.1 Å². The smallest absolute Gasteiger partial charge is 0.297 e. The maximum absolute atomic E-state index is 14.8. The zero-order valence-electron chi connectivity index (χ0n) is 20.6. The van der Waals surface area contributed by atoms with Crippen molar-refractivity contribution in [3.63, 3.8) is 0 Å². The number of aryl methyl sites for hydroxylation is 2. The lowest BCUT2D eigenvalue weighted by Gasteiger charge is -2.27. The molecule has 2 heterocycles. The molecule has 0 bridgehead atoms. The second-order valence-corrected chi connectivity index (χ2v) is 9.79. The molecule has 1 aliphatic carbocycles. The highest BCUT2D eigenvalue weighted by molar-refractivity contribution is 6.33. The summed E-state index contributed by atoms with van der Waals surface area (Å²) in [6.07, 6.45) is 6.09. The molecule has 2 aromatic carbocycles. The van der Waals surface area contributed by atoms with Gasteiger partial charge in [-0.1, -0.05) is 75.0 Å². The monoisotopic (exact) mass is 505 g/mol. The molecular formula is C29H29ClFN3O2. The highest BCUT2D eigenvalue weighted by Gasteiger charge is 2.26. The van der Waals surface area contributed by atoms with Crippen molar-refractivity contribution in [2.45, 2.75) is 64.8 Å². The summed E-state index contributed by atoms with van der Waals surface area (Å²) < 4.78 is 17.8. The molecule has 5 nitrogen and oxygen atoms in total. The fourth-order valence-electron chi connectivity index (χ4n) is 5.47. The molecule has 0 amide bonds. The van der Waals surface area contributed by atoms with Crippen molar-refractivity contribution in [2.24, 2.45) is 0 Å². The summed E-state index contributed by atoms with van der Waals surface area (Å²) in [6.45, 7) is 4.04. The SMILES string of the molecule is CCc1cccc(CC)c1-n1c(=O)c(=O)n(C2CCCCC2)c2cc(Cl)c(-c3ccccc3F)nc21. The Labute approximate surface area is 214 Å². The zero-order valence-corrected chi connectivity index (χ0v) is 21.3. The van der Waals surface area contributed by atoms with E-state index in [1.807, 2.05) is 32.0 Å². The Bertz CT molecular complexity index is 1550. The standard InChI is InChI=1S/C29H29ClFN3O2/c1-3-18-11-10-12-19(4-2)26(18)34-27-24(33(28(35)29(34)36)20-13-6-5-7-14-20)17-22(30)25(32-27)21-15-8-9-16-23(21)31/h8-12,15-17,20H,3-7,13-14H2,1-2H3. The molecule has 36 heavy (non-hydrogen) atoms. The van der Waals surface area contributed by atoms with E-state index in [-0.39, 0.29) is 22.3 Å². The number of para-hydroxylation sites is 1. The average Bonchev–Trinajstić information content (AvgIpc) is 2.90. The molecule has 1 saturated carbocycles. The Hall–Kier alpha value is -3.25. The Morgan fingerprint density at radius 3 is 2.25 bits per heavy atom. The van der Waals surface area contributed by atoms with Crippen LogP contribution in [0.3, 0.4) is 0 Å². The number of fused-ring (bicyclic) bond motifs is 1. The van der Waals surface area contributed by atoms with Crippen LogP contribution in [0.25, 0.3) is 28.1 Å². The van der Waals surface area contributed by atoms with Gasteiger partial charge in [-0.2, -0.15) is 0 Å². The van der Waals surface area contributed by atoms with Gasteiger partial charge < -0.3 is 0 Å². The van der Waals surface area contributed by atoms with Crippen LogP contribution < -0.4 is 11.1 Å². The van der Waals surface area contributed by atoms with Crippen molar-refractivity contribution < 1.29 is 4.39 Å². The summed E-state index contributed by atoms with van der Waals surface area (Å²) in [7, 11) is 0. The fourth-order valence-corrected chi connectivity index (χ4v) is 5.72. The largest absolute Gasteiger partial charge is 0.322 e. The quantitative estimate of drug-likeness (QED) is 0.286. The van der Waals surface area contributed by atoms with Gasteiger partial charge in [0.1, 0.15) is 5.82 Å². The Balaban J connectivity index is 1.95. The number of benzene rings is 2. The number of rotatable bonds is 5. The van der Waals surface area contributed by atoms with Crippen LogP contribution in [0.2, 0.25) is 5.02 Å². The Kier molecular flexibility index (Phi) is 6.80. The van der Waals surface area contributed by atoms with Crippen LogP contribution in [-0.2, 0) is 12.8 Å². The van der Waals surface area contributed by atoms with Gasteiger partial charge in [-0.15, -0.1) is 0 Å². The van der Waals surface area contributed by atoms with Gasteiger partial charge in [0.25, 0.3) is 0 Å². The first-order valence-corrected chi connectivity index (χ1v) is 13.1. The third kappa shape index (κ3) is 4.07. The van der Waals surface area contributed by atoms with Crippen LogP contribution >= 0.6 is 11.6 Å². The lowest BCUT2D eigenvalue weighted by molar-refractivity contribution is 0.352. The maximum Gasteiger partial charge on any atom is 0.322 e.